The number of carbonyl (C=O) groups excluding carboxylic acids is 1. The van der Waals surface area contributed by atoms with Gasteiger partial charge in [0.05, 0.1) is 24.5 Å². The van der Waals surface area contributed by atoms with Crippen molar-refractivity contribution in [2.24, 2.45) is 0 Å². The summed E-state index contributed by atoms with van der Waals surface area (Å²) < 4.78 is 38.6. The normalized spacial score (nSPS) is 11.9. The third-order valence-electron chi connectivity index (χ3n) is 4.33. The van der Waals surface area contributed by atoms with Crippen LogP contribution < -0.4 is 14.8 Å². The molecule has 2 rings (SSSR count). The Bertz CT molecular complexity index is 990. The summed E-state index contributed by atoms with van der Waals surface area (Å²) in [6, 6.07) is 11.1. The van der Waals surface area contributed by atoms with E-state index >= 15 is 0 Å². The number of ether oxygens (including phenoxy) is 2. The van der Waals surface area contributed by atoms with Crippen LogP contribution in [0.25, 0.3) is 0 Å². The molecule has 2 N–H and O–H groups in total. The molecule has 0 bridgehead atoms. The smallest absolute Gasteiger partial charge is 0.307 e. The number of unbranched alkanes of at least 4 members (excludes halogenated alkanes) is 1. The highest BCUT2D eigenvalue weighted by molar-refractivity contribution is 7.89. The topological polar surface area (TPSA) is 107 Å². The number of esters is 1. The van der Waals surface area contributed by atoms with E-state index < -0.39 is 22.0 Å². The van der Waals surface area contributed by atoms with Crippen molar-refractivity contribution in [3.8, 4) is 18.1 Å². The van der Waals surface area contributed by atoms with E-state index in [1.54, 1.807) is 25.3 Å². The lowest BCUT2D eigenvalue weighted by atomic mass is 10.1. The SMILES string of the molecule is C#CC[C@@H](CC(=O)OCC)NS(=O)(=O)c1cccc(OCCCCNc2ccccn2)c1. The van der Waals surface area contributed by atoms with Gasteiger partial charge in [-0.05, 0) is 44.0 Å². The Labute approximate surface area is 189 Å². The van der Waals surface area contributed by atoms with E-state index in [-0.39, 0.29) is 24.3 Å². The molecule has 0 aliphatic heterocycles. The molecule has 1 aromatic carbocycles. The van der Waals surface area contributed by atoms with Crippen LogP contribution in [-0.4, -0.2) is 45.2 Å². The zero-order valence-electron chi connectivity index (χ0n) is 18.1. The number of rotatable bonds is 14. The number of aromatic nitrogens is 1. The summed E-state index contributed by atoms with van der Waals surface area (Å²) in [5.74, 6) is 3.15. The van der Waals surface area contributed by atoms with E-state index in [2.05, 4.69) is 20.9 Å². The fourth-order valence-corrected chi connectivity index (χ4v) is 4.11. The number of nitrogens with zero attached hydrogens (tertiary/aromatic N) is 1. The Morgan fingerprint density at radius 3 is 2.78 bits per heavy atom. The molecule has 0 amide bonds. The van der Waals surface area contributed by atoms with Crippen LogP contribution in [0, 0.1) is 12.3 Å². The van der Waals surface area contributed by atoms with Crippen molar-refractivity contribution in [2.45, 2.75) is 43.5 Å². The second-order valence-electron chi connectivity index (χ2n) is 6.91. The number of benzene rings is 1. The summed E-state index contributed by atoms with van der Waals surface area (Å²) in [6.45, 7) is 3.10. The molecular formula is C23H29N3O5S. The van der Waals surface area contributed by atoms with Gasteiger partial charge in [-0.1, -0.05) is 12.1 Å². The number of sulfonamides is 1. The summed E-state index contributed by atoms with van der Waals surface area (Å²) in [6.07, 6.45) is 8.64. The van der Waals surface area contributed by atoms with Crippen molar-refractivity contribution in [3.05, 3.63) is 48.7 Å². The molecule has 0 saturated heterocycles. The van der Waals surface area contributed by atoms with Crippen molar-refractivity contribution >= 4 is 21.8 Å². The van der Waals surface area contributed by atoms with Crippen LogP contribution >= 0.6 is 0 Å². The Morgan fingerprint density at radius 1 is 1.22 bits per heavy atom. The van der Waals surface area contributed by atoms with Crippen molar-refractivity contribution in [1.29, 1.82) is 0 Å². The van der Waals surface area contributed by atoms with Gasteiger partial charge < -0.3 is 14.8 Å². The van der Waals surface area contributed by atoms with Gasteiger partial charge >= 0.3 is 5.97 Å². The van der Waals surface area contributed by atoms with Crippen LogP contribution in [0.5, 0.6) is 5.75 Å². The second kappa shape index (κ2) is 13.3. The summed E-state index contributed by atoms with van der Waals surface area (Å²) in [4.78, 5) is 16.0. The fraction of sp³-hybridized carbons (Fsp3) is 0.391. The lowest BCUT2D eigenvalue weighted by Crippen LogP contribution is -2.36. The summed E-state index contributed by atoms with van der Waals surface area (Å²) in [5, 5.41) is 3.22. The maximum atomic E-state index is 12.8. The second-order valence-corrected chi connectivity index (χ2v) is 8.62. The molecule has 1 atom stereocenters. The molecule has 9 heteroatoms. The van der Waals surface area contributed by atoms with Gasteiger partial charge in [0, 0.05) is 31.3 Å². The molecule has 1 heterocycles. The Balaban J connectivity index is 1.85. The fourth-order valence-electron chi connectivity index (χ4n) is 2.84. The first-order chi connectivity index (χ1) is 15.4. The van der Waals surface area contributed by atoms with Gasteiger partial charge in [-0.3, -0.25) is 4.79 Å². The molecule has 2 aromatic rings. The first kappa shape index (κ1) is 25.2. The maximum absolute atomic E-state index is 12.8. The van der Waals surface area contributed by atoms with Gasteiger partial charge in [-0.25, -0.2) is 18.1 Å². The Kier molecular flexibility index (Phi) is 10.5. The Hall–Kier alpha value is -3.09. The number of hydrogen-bond acceptors (Lipinski definition) is 7. The van der Waals surface area contributed by atoms with Crippen molar-refractivity contribution in [1.82, 2.24) is 9.71 Å². The molecule has 0 aliphatic rings. The molecule has 172 valence electrons. The molecule has 0 fully saturated rings. The largest absolute Gasteiger partial charge is 0.494 e. The van der Waals surface area contributed by atoms with Crippen LogP contribution in [0.15, 0.2) is 53.6 Å². The molecule has 1 aromatic heterocycles. The quantitative estimate of drug-likeness (QED) is 0.254. The third-order valence-corrected chi connectivity index (χ3v) is 5.85. The van der Waals surface area contributed by atoms with Crippen LogP contribution in [-0.2, 0) is 19.6 Å². The highest BCUT2D eigenvalue weighted by Crippen LogP contribution is 2.19. The number of nitrogens with one attached hydrogen (secondary N) is 2. The van der Waals surface area contributed by atoms with Gasteiger partial charge in [0.1, 0.15) is 11.6 Å². The zero-order valence-corrected chi connectivity index (χ0v) is 18.9. The van der Waals surface area contributed by atoms with Gasteiger partial charge in [0.2, 0.25) is 10.0 Å². The third kappa shape index (κ3) is 8.96. The number of pyridine rings is 1. The molecule has 32 heavy (non-hydrogen) atoms. The van der Waals surface area contributed by atoms with Crippen LogP contribution in [0.2, 0.25) is 0 Å². The summed E-state index contributed by atoms with van der Waals surface area (Å²) in [7, 11) is -3.88. The first-order valence-corrected chi connectivity index (χ1v) is 11.9. The average molecular weight is 460 g/mol. The van der Waals surface area contributed by atoms with Crippen molar-refractivity contribution in [3.63, 3.8) is 0 Å². The minimum absolute atomic E-state index is 0.0395. The summed E-state index contributed by atoms with van der Waals surface area (Å²) >= 11 is 0. The molecule has 8 nitrogen and oxygen atoms in total. The van der Waals surface area contributed by atoms with Gasteiger partial charge in [-0.15, -0.1) is 12.3 Å². The minimum Gasteiger partial charge on any atom is -0.494 e. The van der Waals surface area contributed by atoms with E-state index in [9.17, 15) is 13.2 Å². The van der Waals surface area contributed by atoms with E-state index in [1.165, 1.54) is 12.1 Å². The zero-order chi connectivity index (χ0) is 23.2. The highest BCUT2D eigenvalue weighted by Gasteiger charge is 2.22. The van der Waals surface area contributed by atoms with E-state index in [4.69, 9.17) is 15.9 Å². The number of anilines is 1. The Morgan fingerprint density at radius 2 is 2.06 bits per heavy atom. The van der Waals surface area contributed by atoms with E-state index in [0.29, 0.717) is 12.4 Å². The molecule has 0 aliphatic carbocycles. The monoisotopic (exact) mass is 459 g/mol. The standard InChI is InChI=1S/C23H29N3O5S/c1-3-10-19(17-23(27)30-4-2)26-32(28,29)21-12-9-11-20(18-21)31-16-8-7-15-25-22-13-5-6-14-24-22/h1,5-6,9,11-14,18-19,26H,4,7-8,10,15-17H2,2H3,(H,24,25)/t19-/m0/s1. The predicted octanol–water partition coefficient (Wildman–Crippen LogP) is 2.98. The van der Waals surface area contributed by atoms with Crippen molar-refractivity contribution < 1.29 is 22.7 Å². The van der Waals surface area contributed by atoms with E-state index in [0.717, 1.165) is 25.2 Å². The number of carbonyl (C=O) groups is 1. The van der Waals surface area contributed by atoms with Crippen LogP contribution in [0.4, 0.5) is 5.82 Å². The maximum Gasteiger partial charge on any atom is 0.307 e. The molecule has 0 spiro atoms. The number of hydrogen-bond donors (Lipinski definition) is 2. The highest BCUT2D eigenvalue weighted by atomic mass is 32.2. The van der Waals surface area contributed by atoms with Crippen molar-refractivity contribution in [2.75, 3.05) is 25.1 Å². The summed E-state index contributed by atoms with van der Waals surface area (Å²) in [5.41, 5.74) is 0. The molecular weight excluding hydrogens is 430 g/mol. The lowest BCUT2D eigenvalue weighted by Gasteiger charge is -2.16. The van der Waals surface area contributed by atoms with Gasteiger partial charge in [-0.2, -0.15) is 0 Å². The van der Waals surface area contributed by atoms with Crippen LogP contribution in [0.3, 0.4) is 0 Å². The molecule has 0 radical (unpaired) electrons. The van der Waals surface area contributed by atoms with Crippen LogP contribution in [0.1, 0.15) is 32.6 Å². The van der Waals surface area contributed by atoms with Gasteiger partial charge in [0.25, 0.3) is 0 Å². The number of terminal acetylenes is 1. The van der Waals surface area contributed by atoms with E-state index in [1.807, 2.05) is 18.2 Å². The average Bonchev–Trinajstić information content (AvgIpc) is 2.77. The lowest BCUT2D eigenvalue weighted by molar-refractivity contribution is -0.143. The first-order valence-electron chi connectivity index (χ1n) is 10.4. The minimum atomic E-state index is -3.88. The molecule has 0 unspecified atom stereocenters. The molecule has 0 saturated carbocycles. The predicted molar refractivity (Wildman–Crippen MR) is 123 cm³/mol. The van der Waals surface area contributed by atoms with Gasteiger partial charge in [0.15, 0.2) is 0 Å².